The van der Waals surface area contributed by atoms with Crippen molar-refractivity contribution in [3.05, 3.63) is 65.7 Å². The molecule has 0 saturated carbocycles. The number of halogens is 1. The third-order valence-electron chi connectivity index (χ3n) is 4.22. The third kappa shape index (κ3) is 10.7. The van der Waals surface area contributed by atoms with Crippen LogP contribution in [0.2, 0.25) is 0 Å². The van der Waals surface area contributed by atoms with Crippen LogP contribution in [-0.2, 0) is 32.6 Å². The van der Waals surface area contributed by atoms with Gasteiger partial charge < -0.3 is 20.1 Å². The van der Waals surface area contributed by atoms with Crippen LogP contribution in [0.25, 0.3) is 0 Å². The van der Waals surface area contributed by atoms with Crippen LogP contribution in [0.1, 0.15) is 18.1 Å². The molecule has 32 heavy (non-hydrogen) atoms. The number of nitrogens with zero attached hydrogens (tertiary/aromatic N) is 1. The first-order valence-electron chi connectivity index (χ1n) is 10.3. The Labute approximate surface area is 208 Å². The number of sulfonamides is 1. The first-order valence-corrected chi connectivity index (χ1v) is 11.7. The monoisotopic (exact) mass is 576 g/mol. The lowest BCUT2D eigenvalue weighted by atomic mass is 10.2. The van der Waals surface area contributed by atoms with E-state index < -0.39 is 10.0 Å². The topological polar surface area (TPSA) is 101 Å². The van der Waals surface area contributed by atoms with E-state index >= 15 is 0 Å². The summed E-state index contributed by atoms with van der Waals surface area (Å²) in [6, 6.07) is 16.8. The van der Waals surface area contributed by atoms with E-state index in [-0.39, 0.29) is 35.4 Å². The lowest BCUT2D eigenvalue weighted by Crippen LogP contribution is -2.39. The molecule has 0 amide bonds. The summed E-state index contributed by atoms with van der Waals surface area (Å²) < 4.78 is 37.8. The number of rotatable bonds is 13. The molecule has 3 N–H and O–H groups in total. The number of benzene rings is 2. The fourth-order valence-corrected chi connectivity index (χ4v) is 3.77. The van der Waals surface area contributed by atoms with E-state index in [0.29, 0.717) is 45.4 Å². The standard InChI is InChI=1S/C22H32N4O4S.HI/c1-3-23-22(24-12-15-30-18-19-8-5-4-6-9-19)25-17-20-10-7-11-21(16-20)31(27,28)26-13-14-29-2;/h4-11,16,26H,3,12-15,17-18H2,1-2H3,(H2,23,24,25);1H. The quantitative estimate of drug-likeness (QED) is 0.147. The predicted octanol–water partition coefficient (Wildman–Crippen LogP) is 2.50. The van der Waals surface area contributed by atoms with E-state index in [9.17, 15) is 8.42 Å². The van der Waals surface area contributed by atoms with Crippen molar-refractivity contribution in [2.45, 2.75) is 25.0 Å². The van der Waals surface area contributed by atoms with Gasteiger partial charge in [0, 0.05) is 26.7 Å². The first-order chi connectivity index (χ1) is 15.0. The smallest absolute Gasteiger partial charge is 0.240 e. The largest absolute Gasteiger partial charge is 0.383 e. The van der Waals surface area contributed by atoms with Crippen molar-refractivity contribution in [3.63, 3.8) is 0 Å². The Kier molecular flexibility index (Phi) is 14.1. The molecule has 2 aromatic carbocycles. The minimum Gasteiger partial charge on any atom is -0.383 e. The number of hydrogen-bond acceptors (Lipinski definition) is 5. The summed E-state index contributed by atoms with van der Waals surface area (Å²) in [5, 5.41) is 6.41. The number of methoxy groups -OCH3 is 1. The summed E-state index contributed by atoms with van der Waals surface area (Å²) in [6.45, 7) is 5.31. The molecule has 0 aromatic heterocycles. The van der Waals surface area contributed by atoms with Crippen LogP contribution in [-0.4, -0.2) is 54.3 Å². The number of nitrogens with one attached hydrogen (secondary N) is 3. The Hall–Kier alpha value is -1.73. The van der Waals surface area contributed by atoms with Crippen LogP contribution in [0.5, 0.6) is 0 Å². The predicted molar refractivity (Wildman–Crippen MR) is 138 cm³/mol. The van der Waals surface area contributed by atoms with Crippen molar-refractivity contribution in [1.29, 1.82) is 0 Å². The molecule has 2 rings (SSSR count). The highest BCUT2D eigenvalue weighted by atomic mass is 127. The Morgan fingerprint density at radius 3 is 2.44 bits per heavy atom. The summed E-state index contributed by atoms with van der Waals surface area (Å²) in [7, 11) is -2.05. The maximum atomic E-state index is 12.4. The van der Waals surface area contributed by atoms with Crippen molar-refractivity contribution in [1.82, 2.24) is 15.4 Å². The summed E-state index contributed by atoms with van der Waals surface area (Å²) in [4.78, 5) is 4.75. The molecule has 2 aromatic rings. The van der Waals surface area contributed by atoms with E-state index in [0.717, 1.165) is 11.1 Å². The van der Waals surface area contributed by atoms with E-state index in [4.69, 9.17) is 9.47 Å². The molecule has 178 valence electrons. The molecule has 0 spiro atoms. The van der Waals surface area contributed by atoms with Crippen molar-refractivity contribution in [2.75, 3.05) is 40.0 Å². The first kappa shape index (κ1) is 28.3. The highest BCUT2D eigenvalue weighted by Gasteiger charge is 2.13. The van der Waals surface area contributed by atoms with Crippen molar-refractivity contribution >= 4 is 40.0 Å². The number of aliphatic imine (C=N–C) groups is 1. The highest BCUT2D eigenvalue weighted by molar-refractivity contribution is 14.0. The van der Waals surface area contributed by atoms with Gasteiger partial charge in [-0.2, -0.15) is 0 Å². The van der Waals surface area contributed by atoms with Crippen molar-refractivity contribution in [2.24, 2.45) is 4.99 Å². The Bertz CT molecular complexity index is 911. The van der Waals surface area contributed by atoms with Crippen LogP contribution in [0, 0.1) is 0 Å². The fourth-order valence-electron chi connectivity index (χ4n) is 2.69. The van der Waals surface area contributed by atoms with Crippen LogP contribution in [0.15, 0.2) is 64.5 Å². The molecular weight excluding hydrogens is 543 g/mol. The molecule has 0 unspecified atom stereocenters. The zero-order valence-electron chi connectivity index (χ0n) is 18.5. The minimum atomic E-state index is -3.57. The molecule has 0 bridgehead atoms. The third-order valence-corrected chi connectivity index (χ3v) is 5.68. The SMILES string of the molecule is CCNC(=NCc1cccc(S(=O)(=O)NCCOC)c1)NCCOCc1ccccc1.I. The maximum absolute atomic E-state index is 12.4. The van der Waals surface area contributed by atoms with Gasteiger partial charge in [-0.25, -0.2) is 18.1 Å². The average molecular weight is 577 g/mol. The van der Waals surface area contributed by atoms with Crippen molar-refractivity contribution < 1.29 is 17.9 Å². The Morgan fingerprint density at radius 2 is 1.72 bits per heavy atom. The second-order valence-corrected chi connectivity index (χ2v) is 8.47. The van der Waals surface area contributed by atoms with E-state index in [1.807, 2.05) is 43.3 Å². The average Bonchev–Trinajstić information content (AvgIpc) is 2.78. The van der Waals surface area contributed by atoms with E-state index in [1.165, 1.54) is 7.11 Å². The Balaban J connectivity index is 0.00000512. The normalized spacial score (nSPS) is 11.6. The Morgan fingerprint density at radius 1 is 0.969 bits per heavy atom. The zero-order valence-corrected chi connectivity index (χ0v) is 21.7. The summed E-state index contributed by atoms with van der Waals surface area (Å²) >= 11 is 0. The van der Waals surface area contributed by atoms with Gasteiger partial charge in [-0.1, -0.05) is 42.5 Å². The lowest BCUT2D eigenvalue weighted by Gasteiger charge is -2.12. The summed E-state index contributed by atoms with van der Waals surface area (Å²) in [5.74, 6) is 0.650. The molecule has 0 radical (unpaired) electrons. The lowest BCUT2D eigenvalue weighted by molar-refractivity contribution is 0.125. The van der Waals surface area contributed by atoms with Crippen LogP contribution >= 0.6 is 24.0 Å². The summed E-state index contributed by atoms with van der Waals surface area (Å²) in [6.07, 6.45) is 0. The van der Waals surface area contributed by atoms with Crippen LogP contribution < -0.4 is 15.4 Å². The zero-order chi connectivity index (χ0) is 22.4. The number of guanidine groups is 1. The minimum absolute atomic E-state index is 0. The molecule has 0 aliphatic heterocycles. The van der Waals surface area contributed by atoms with Crippen LogP contribution in [0.4, 0.5) is 0 Å². The molecule has 8 nitrogen and oxygen atoms in total. The van der Waals surface area contributed by atoms with Gasteiger partial charge in [0.15, 0.2) is 5.96 Å². The summed E-state index contributed by atoms with van der Waals surface area (Å²) in [5.41, 5.74) is 1.93. The van der Waals surface area contributed by atoms with Gasteiger partial charge in [-0.15, -0.1) is 24.0 Å². The molecule has 10 heteroatoms. The van der Waals surface area contributed by atoms with Gasteiger partial charge in [-0.05, 0) is 30.2 Å². The molecule has 0 fully saturated rings. The van der Waals surface area contributed by atoms with Gasteiger partial charge >= 0.3 is 0 Å². The molecule has 0 heterocycles. The molecule has 0 atom stereocenters. The van der Waals surface area contributed by atoms with Gasteiger partial charge in [0.1, 0.15) is 0 Å². The highest BCUT2D eigenvalue weighted by Crippen LogP contribution is 2.12. The second kappa shape index (κ2) is 16.0. The van der Waals surface area contributed by atoms with E-state index in [2.05, 4.69) is 20.3 Å². The van der Waals surface area contributed by atoms with Gasteiger partial charge in [-0.3, -0.25) is 0 Å². The fraction of sp³-hybridized carbons (Fsp3) is 0.409. The molecular formula is C22H33IN4O4S. The maximum Gasteiger partial charge on any atom is 0.240 e. The molecule has 0 aliphatic rings. The molecule has 0 saturated heterocycles. The van der Waals surface area contributed by atoms with Gasteiger partial charge in [0.25, 0.3) is 0 Å². The number of hydrogen-bond donors (Lipinski definition) is 3. The van der Waals surface area contributed by atoms with Crippen LogP contribution in [0.3, 0.4) is 0 Å². The molecule has 0 aliphatic carbocycles. The van der Waals surface area contributed by atoms with E-state index in [1.54, 1.807) is 18.2 Å². The van der Waals surface area contributed by atoms with Gasteiger partial charge in [0.2, 0.25) is 10.0 Å². The van der Waals surface area contributed by atoms with Gasteiger partial charge in [0.05, 0.1) is 31.3 Å². The van der Waals surface area contributed by atoms with Crippen molar-refractivity contribution in [3.8, 4) is 0 Å². The number of ether oxygens (including phenoxy) is 2. The second-order valence-electron chi connectivity index (χ2n) is 6.70.